The summed E-state index contributed by atoms with van der Waals surface area (Å²) in [7, 11) is 0. The molecule has 4 heteroatoms. The monoisotopic (exact) mass is 363 g/mol. The lowest BCUT2D eigenvalue weighted by atomic mass is 10.1. The first-order chi connectivity index (χ1) is 13.2. The van der Waals surface area contributed by atoms with Gasteiger partial charge in [0, 0.05) is 31.0 Å². The molecule has 0 aliphatic carbocycles. The van der Waals surface area contributed by atoms with E-state index in [-0.39, 0.29) is 6.23 Å². The zero-order valence-corrected chi connectivity index (χ0v) is 16.6. The molecule has 0 saturated carbocycles. The van der Waals surface area contributed by atoms with E-state index < -0.39 is 0 Å². The summed E-state index contributed by atoms with van der Waals surface area (Å²) in [6, 6.07) is 10.6. The standard InChI is InChI=1S/C23H29N3O/c1-4-22(25-12-6-5-7-13-25)27-21-11-10-19(15-18(21)3)20-16-26-14-8-9-17(2)23(26)24-20/h8-11,14-16,22H,4-7,12-13H2,1-3H3. The van der Waals surface area contributed by atoms with Crippen molar-refractivity contribution in [1.29, 1.82) is 0 Å². The molecule has 1 unspecified atom stereocenters. The van der Waals surface area contributed by atoms with Gasteiger partial charge in [0.2, 0.25) is 0 Å². The molecule has 3 heterocycles. The summed E-state index contributed by atoms with van der Waals surface area (Å²) in [6.07, 6.45) is 9.24. The summed E-state index contributed by atoms with van der Waals surface area (Å²) in [6.45, 7) is 8.73. The van der Waals surface area contributed by atoms with Crippen LogP contribution in [0, 0.1) is 13.8 Å². The Balaban J connectivity index is 1.57. The molecule has 27 heavy (non-hydrogen) atoms. The highest BCUT2D eigenvalue weighted by Gasteiger charge is 2.21. The van der Waals surface area contributed by atoms with Gasteiger partial charge in [-0.15, -0.1) is 0 Å². The SMILES string of the molecule is CCC(Oc1ccc(-c2cn3cccc(C)c3n2)cc1C)N1CCCCC1. The molecule has 3 aromatic rings. The number of pyridine rings is 1. The number of aryl methyl sites for hydroxylation is 2. The molecule has 4 rings (SSSR count). The molecule has 1 atom stereocenters. The first-order valence-corrected chi connectivity index (χ1v) is 10.1. The van der Waals surface area contributed by atoms with E-state index in [9.17, 15) is 0 Å². The van der Waals surface area contributed by atoms with Crippen molar-refractivity contribution < 1.29 is 4.74 Å². The number of hydrogen-bond donors (Lipinski definition) is 0. The van der Waals surface area contributed by atoms with Crippen molar-refractivity contribution in [3.05, 3.63) is 53.9 Å². The van der Waals surface area contributed by atoms with Crippen molar-refractivity contribution in [1.82, 2.24) is 14.3 Å². The normalized spacial score (nSPS) is 16.6. The number of hydrogen-bond acceptors (Lipinski definition) is 3. The molecule has 0 N–H and O–H groups in total. The second kappa shape index (κ2) is 7.73. The Bertz CT molecular complexity index is 925. The van der Waals surface area contributed by atoms with Gasteiger partial charge in [0.1, 0.15) is 11.4 Å². The van der Waals surface area contributed by atoms with Crippen LogP contribution >= 0.6 is 0 Å². The molecule has 0 radical (unpaired) electrons. The maximum Gasteiger partial charge on any atom is 0.152 e. The predicted molar refractivity (Wildman–Crippen MR) is 110 cm³/mol. The second-order valence-electron chi connectivity index (χ2n) is 7.61. The van der Waals surface area contributed by atoms with E-state index in [4.69, 9.17) is 9.72 Å². The molecule has 0 spiro atoms. The second-order valence-corrected chi connectivity index (χ2v) is 7.61. The van der Waals surface area contributed by atoms with E-state index in [1.807, 2.05) is 6.20 Å². The van der Waals surface area contributed by atoms with Gasteiger partial charge in [0.05, 0.1) is 5.69 Å². The largest absolute Gasteiger partial charge is 0.475 e. The van der Waals surface area contributed by atoms with Crippen molar-refractivity contribution in [3.8, 4) is 17.0 Å². The van der Waals surface area contributed by atoms with E-state index >= 15 is 0 Å². The lowest BCUT2D eigenvalue weighted by molar-refractivity contribution is 0.00939. The fraction of sp³-hybridized carbons (Fsp3) is 0.435. The maximum absolute atomic E-state index is 6.40. The zero-order valence-electron chi connectivity index (χ0n) is 16.6. The number of ether oxygens (including phenoxy) is 1. The number of fused-ring (bicyclic) bond motifs is 1. The summed E-state index contributed by atoms with van der Waals surface area (Å²) in [4.78, 5) is 7.31. The highest BCUT2D eigenvalue weighted by atomic mass is 16.5. The minimum absolute atomic E-state index is 0.174. The van der Waals surface area contributed by atoms with Crippen LogP contribution in [0.15, 0.2) is 42.7 Å². The van der Waals surface area contributed by atoms with E-state index in [0.717, 1.165) is 47.7 Å². The Morgan fingerprint density at radius 3 is 2.59 bits per heavy atom. The summed E-state index contributed by atoms with van der Waals surface area (Å²) < 4.78 is 8.49. The van der Waals surface area contributed by atoms with Crippen molar-refractivity contribution in [2.75, 3.05) is 13.1 Å². The number of nitrogens with zero attached hydrogens (tertiary/aromatic N) is 3. The Morgan fingerprint density at radius 1 is 1.07 bits per heavy atom. The highest BCUT2D eigenvalue weighted by molar-refractivity contribution is 5.66. The van der Waals surface area contributed by atoms with Crippen molar-refractivity contribution in [2.45, 2.75) is 52.7 Å². The summed E-state index contributed by atoms with van der Waals surface area (Å²) in [5.41, 5.74) is 5.50. The van der Waals surface area contributed by atoms with Gasteiger partial charge >= 0.3 is 0 Å². The lowest BCUT2D eigenvalue weighted by Crippen LogP contribution is -2.42. The molecular weight excluding hydrogens is 334 g/mol. The smallest absolute Gasteiger partial charge is 0.152 e. The molecule has 1 saturated heterocycles. The average molecular weight is 364 g/mol. The van der Waals surface area contributed by atoms with Gasteiger partial charge < -0.3 is 9.14 Å². The molecule has 1 aromatic carbocycles. The van der Waals surface area contributed by atoms with Crippen LogP contribution in [0.2, 0.25) is 0 Å². The molecule has 0 bridgehead atoms. The molecule has 4 nitrogen and oxygen atoms in total. The van der Waals surface area contributed by atoms with Gasteiger partial charge in [-0.3, -0.25) is 4.90 Å². The number of piperidine rings is 1. The third kappa shape index (κ3) is 3.72. The molecular formula is C23H29N3O. The minimum Gasteiger partial charge on any atom is -0.475 e. The molecule has 142 valence electrons. The molecule has 0 amide bonds. The van der Waals surface area contributed by atoms with Gasteiger partial charge in [-0.1, -0.05) is 19.4 Å². The van der Waals surface area contributed by atoms with Crippen LogP contribution in [0.3, 0.4) is 0 Å². The Kier molecular flexibility index (Phi) is 5.17. The molecule has 2 aromatic heterocycles. The topological polar surface area (TPSA) is 29.8 Å². The number of imidazole rings is 1. The fourth-order valence-electron chi connectivity index (χ4n) is 4.00. The van der Waals surface area contributed by atoms with E-state index in [1.165, 1.54) is 24.8 Å². The van der Waals surface area contributed by atoms with Crippen LogP contribution in [0.5, 0.6) is 5.75 Å². The van der Waals surface area contributed by atoms with E-state index in [2.05, 4.69) is 66.6 Å². The lowest BCUT2D eigenvalue weighted by Gasteiger charge is -2.34. The fourth-order valence-corrected chi connectivity index (χ4v) is 4.00. The maximum atomic E-state index is 6.40. The first-order valence-electron chi connectivity index (χ1n) is 10.1. The molecule has 1 aliphatic rings. The van der Waals surface area contributed by atoms with Gasteiger partial charge in [-0.2, -0.15) is 0 Å². The van der Waals surface area contributed by atoms with E-state index in [1.54, 1.807) is 0 Å². The number of aromatic nitrogens is 2. The summed E-state index contributed by atoms with van der Waals surface area (Å²) in [5, 5.41) is 0. The predicted octanol–water partition coefficient (Wildman–Crippen LogP) is 5.22. The number of rotatable bonds is 5. The third-order valence-corrected chi connectivity index (χ3v) is 5.56. The quantitative estimate of drug-likeness (QED) is 0.622. The van der Waals surface area contributed by atoms with Crippen LogP contribution in [0.1, 0.15) is 43.7 Å². The number of likely N-dealkylation sites (tertiary alicyclic amines) is 1. The van der Waals surface area contributed by atoms with Crippen LogP contribution in [-0.2, 0) is 0 Å². The zero-order chi connectivity index (χ0) is 18.8. The van der Waals surface area contributed by atoms with Crippen LogP contribution in [-0.4, -0.2) is 33.6 Å². The van der Waals surface area contributed by atoms with Gasteiger partial charge in [-0.25, -0.2) is 4.98 Å². The Labute approximate surface area is 161 Å². The molecule has 1 aliphatic heterocycles. The van der Waals surface area contributed by atoms with Crippen LogP contribution in [0.25, 0.3) is 16.9 Å². The van der Waals surface area contributed by atoms with Gasteiger partial charge in [0.15, 0.2) is 6.23 Å². The average Bonchev–Trinajstić information content (AvgIpc) is 3.13. The minimum atomic E-state index is 0.174. The molecule has 1 fully saturated rings. The van der Waals surface area contributed by atoms with Crippen molar-refractivity contribution in [2.24, 2.45) is 0 Å². The van der Waals surface area contributed by atoms with Crippen molar-refractivity contribution >= 4 is 5.65 Å². The van der Waals surface area contributed by atoms with E-state index in [0.29, 0.717) is 0 Å². The van der Waals surface area contributed by atoms with Crippen LogP contribution in [0.4, 0.5) is 0 Å². The van der Waals surface area contributed by atoms with Gasteiger partial charge in [-0.05, 0) is 68.5 Å². The first kappa shape index (κ1) is 18.1. The Hall–Kier alpha value is -2.33. The Morgan fingerprint density at radius 2 is 1.89 bits per heavy atom. The summed E-state index contributed by atoms with van der Waals surface area (Å²) >= 11 is 0. The van der Waals surface area contributed by atoms with Crippen LogP contribution < -0.4 is 4.74 Å². The van der Waals surface area contributed by atoms with Gasteiger partial charge in [0.25, 0.3) is 0 Å². The summed E-state index contributed by atoms with van der Waals surface area (Å²) in [5.74, 6) is 0.983. The highest BCUT2D eigenvalue weighted by Crippen LogP contribution is 2.28. The van der Waals surface area contributed by atoms with Crippen molar-refractivity contribution in [3.63, 3.8) is 0 Å². The third-order valence-electron chi connectivity index (χ3n) is 5.56. The number of benzene rings is 1.